The lowest BCUT2D eigenvalue weighted by atomic mass is 10.2. The molecule has 1 amide bonds. The second-order valence-electron chi connectivity index (χ2n) is 6.29. The van der Waals surface area contributed by atoms with E-state index in [0.29, 0.717) is 28.6 Å². The first-order valence-corrected chi connectivity index (χ1v) is 11.4. The van der Waals surface area contributed by atoms with E-state index in [9.17, 15) is 13.2 Å². The Hall–Kier alpha value is -3.24. The molecule has 1 aromatic heterocycles. The monoisotopic (exact) mass is 462 g/mol. The maximum absolute atomic E-state index is 13.2. The summed E-state index contributed by atoms with van der Waals surface area (Å²) in [7, 11) is 1.91. The molecule has 164 valence electrons. The number of sulfonamides is 1. The Morgan fingerprint density at radius 1 is 0.968 bits per heavy atom. The third kappa shape index (κ3) is 4.44. The maximum atomic E-state index is 13.2. The molecule has 8 nitrogen and oxygen atoms in total. The van der Waals surface area contributed by atoms with Crippen LogP contribution in [0.15, 0.2) is 58.8 Å². The topological polar surface area (TPSA) is 94.2 Å². The van der Waals surface area contributed by atoms with Crippen molar-refractivity contribution in [2.45, 2.75) is 4.90 Å². The fourth-order valence-electron chi connectivity index (χ4n) is 2.93. The molecule has 0 radical (unpaired) electrons. The zero-order valence-corrected chi connectivity index (χ0v) is 19.0. The van der Waals surface area contributed by atoms with E-state index in [1.807, 2.05) is 0 Å². The molecule has 0 spiro atoms. The van der Waals surface area contributed by atoms with E-state index >= 15 is 0 Å². The van der Waals surface area contributed by atoms with Crippen LogP contribution in [0.25, 0.3) is 0 Å². The van der Waals surface area contributed by atoms with Crippen LogP contribution in [0.5, 0.6) is 17.2 Å². The molecule has 0 aliphatic carbocycles. The van der Waals surface area contributed by atoms with Gasteiger partial charge in [-0.15, -0.1) is 11.3 Å². The third-order valence-electron chi connectivity index (χ3n) is 4.52. The Kier molecular flexibility index (Phi) is 6.71. The van der Waals surface area contributed by atoms with E-state index in [1.54, 1.807) is 47.8 Å². The van der Waals surface area contributed by atoms with E-state index in [4.69, 9.17) is 14.2 Å². The van der Waals surface area contributed by atoms with E-state index in [2.05, 4.69) is 5.32 Å². The van der Waals surface area contributed by atoms with Crippen LogP contribution < -0.4 is 23.8 Å². The smallest absolute Gasteiger partial charge is 0.267 e. The van der Waals surface area contributed by atoms with Crippen molar-refractivity contribution in [3.05, 3.63) is 58.8 Å². The summed E-state index contributed by atoms with van der Waals surface area (Å²) >= 11 is 1.04. The van der Waals surface area contributed by atoms with Gasteiger partial charge < -0.3 is 19.5 Å². The molecule has 3 aromatic rings. The summed E-state index contributed by atoms with van der Waals surface area (Å²) in [5.74, 6) is 0.538. The Morgan fingerprint density at radius 3 is 2.13 bits per heavy atom. The highest BCUT2D eigenvalue weighted by Gasteiger charge is 2.28. The lowest BCUT2D eigenvalue weighted by Gasteiger charge is -2.19. The molecule has 0 fully saturated rings. The number of methoxy groups -OCH3 is 3. The van der Waals surface area contributed by atoms with Crippen molar-refractivity contribution >= 4 is 38.6 Å². The summed E-state index contributed by atoms with van der Waals surface area (Å²) in [6.07, 6.45) is 0. The Morgan fingerprint density at radius 2 is 1.58 bits per heavy atom. The molecule has 1 N–H and O–H groups in total. The first kappa shape index (κ1) is 22.4. The summed E-state index contributed by atoms with van der Waals surface area (Å²) in [5, 5.41) is 4.27. The summed E-state index contributed by atoms with van der Waals surface area (Å²) in [6, 6.07) is 13.2. The number of anilines is 2. The maximum Gasteiger partial charge on any atom is 0.267 e. The fourth-order valence-corrected chi connectivity index (χ4v) is 5.42. The lowest BCUT2D eigenvalue weighted by Crippen LogP contribution is -2.28. The van der Waals surface area contributed by atoms with Gasteiger partial charge in [-0.3, -0.25) is 9.10 Å². The molecule has 0 bridgehead atoms. The van der Waals surface area contributed by atoms with Gasteiger partial charge >= 0.3 is 0 Å². The van der Waals surface area contributed by atoms with Crippen LogP contribution >= 0.6 is 11.3 Å². The van der Waals surface area contributed by atoms with E-state index in [-0.39, 0.29) is 9.77 Å². The van der Waals surface area contributed by atoms with Crippen molar-refractivity contribution in [3.63, 3.8) is 0 Å². The number of rotatable bonds is 8. The van der Waals surface area contributed by atoms with Crippen LogP contribution in [0.1, 0.15) is 9.67 Å². The van der Waals surface area contributed by atoms with Gasteiger partial charge in [-0.25, -0.2) is 8.42 Å². The lowest BCUT2D eigenvalue weighted by molar-refractivity contribution is 0.102. The van der Waals surface area contributed by atoms with E-state index < -0.39 is 15.9 Å². The zero-order chi connectivity index (χ0) is 22.6. The molecule has 0 aliphatic heterocycles. The highest BCUT2D eigenvalue weighted by Crippen LogP contribution is 2.40. The van der Waals surface area contributed by atoms with Gasteiger partial charge in [-0.05, 0) is 23.6 Å². The number of hydrogen-bond acceptors (Lipinski definition) is 7. The minimum Gasteiger partial charge on any atom is -0.493 e. The van der Waals surface area contributed by atoms with Gasteiger partial charge in [0.2, 0.25) is 5.75 Å². The van der Waals surface area contributed by atoms with Crippen molar-refractivity contribution in [2.24, 2.45) is 0 Å². The molecule has 1 heterocycles. The number of carbonyl (C=O) groups is 1. The first-order chi connectivity index (χ1) is 14.8. The second kappa shape index (κ2) is 9.27. The SMILES string of the molecule is COc1cc(NC(=O)c2sccc2S(=O)(=O)N(C)c2ccccc2)cc(OC)c1OC. The van der Waals surface area contributed by atoms with Crippen LogP contribution in [0.2, 0.25) is 0 Å². The number of carbonyl (C=O) groups excluding carboxylic acids is 1. The average molecular weight is 463 g/mol. The van der Waals surface area contributed by atoms with Gasteiger partial charge in [0.15, 0.2) is 11.5 Å². The fraction of sp³-hybridized carbons (Fsp3) is 0.190. The molecular weight excluding hydrogens is 440 g/mol. The quantitative estimate of drug-likeness (QED) is 0.547. The average Bonchev–Trinajstić information content (AvgIpc) is 3.29. The van der Waals surface area contributed by atoms with Crippen molar-refractivity contribution in [1.82, 2.24) is 0 Å². The normalized spacial score (nSPS) is 11.0. The Labute approximate surface area is 185 Å². The van der Waals surface area contributed by atoms with Gasteiger partial charge in [-0.1, -0.05) is 18.2 Å². The van der Waals surface area contributed by atoms with Gasteiger partial charge in [-0.2, -0.15) is 0 Å². The molecule has 0 unspecified atom stereocenters. The van der Waals surface area contributed by atoms with Gasteiger partial charge in [0, 0.05) is 24.9 Å². The highest BCUT2D eigenvalue weighted by atomic mass is 32.2. The Balaban J connectivity index is 1.93. The summed E-state index contributed by atoms with van der Waals surface area (Å²) < 4.78 is 43.3. The van der Waals surface area contributed by atoms with E-state index in [0.717, 1.165) is 15.6 Å². The molecule has 3 rings (SSSR count). The minimum atomic E-state index is -3.94. The summed E-state index contributed by atoms with van der Waals surface area (Å²) in [4.78, 5) is 13.0. The highest BCUT2D eigenvalue weighted by molar-refractivity contribution is 7.93. The summed E-state index contributed by atoms with van der Waals surface area (Å²) in [5.41, 5.74) is 0.859. The molecule has 0 aliphatic rings. The predicted molar refractivity (Wildman–Crippen MR) is 120 cm³/mol. The standard InChI is InChI=1S/C21H22N2O6S2/c1-23(15-8-6-5-7-9-15)31(25,26)18-10-11-30-20(18)21(24)22-14-12-16(27-2)19(29-4)17(13-14)28-3/h5-13H,1-4H3,(H,22,24). The number of thiophene rings is 1. The van der Waals surface area contributed by atoms with E-state index in [1.165, 1.54) is 34.4 Å². The number of nitrogens with one attached hydrogen (secondary N) is 1. The van der Waals surface area contributed by atoms with Gasteiger partial charge in [0.25, 0.3) is 15.9 Å². The molecule has 2 aromatic carbocycles. The van der Waals surface area contributed by atoms with Crippen LogP contribution in [0.3, 0.4) is 0 Å². The van der Waals surface area contributed by atoms with Gasteiger partial charge in [0.1, 0.15) is 9.77 Å². The molecule has 0 saturated carbocycles. The van der Waals surface area contributed by atoms with Crippen LogP contribution in [0.4, 0.5) is 11.4 Å². The van der Waals surface area contributed by atoms with Crippen molar-refractivity contribution in [1.29, 1.82) is 0 Å². The number of benzene rings is 2. The number of para-hydroxylation sites is 1. The second-order valence-corrected chi connectivity index (χ2v) is 9.14. The first-order valence-electron chi connectivity index (χ1n) is 9.06. The van der Waals surface area contributed by atoms with Crippen molar-refractivity contribution in [3.8, 4) is 17.2 Å². The van der Waals surface area contributed by atoms with Crippen LogP contribution in [-0.4, -0.2) is 42.7 Å². The number of hydrogen-bond donors (Lipinski definition) is 1. The summed E-state index contributed by atoms with van der Waals surface area (Å²) in [6.45, 7) is 0. The molecular formula is C21H22N2O6S2. The molecule has 31 heavy (non-hydrogen) atoms. The van der Waals surface area contributed by atoms with Gasteiger partial charge in [0.05, 0.1) is 27.0 Å². The largest absolute Gasteiger partial charge is 0.493 e. The third-order valence-corrected chi connectivity index (χ3v) is 7.39. The van der Waals surface area contributed by atoms with Crippen molar-refractivity contribution in [2.75, 3.05) is 38.0 Å². The minimum absolute atomic E-state index is 0.0662. The predicted octanol–water partition coefficient (Wildman–Crippen LogP) is 3.85. The molecule has 0 saturated heterocycles. The number of amides is 1. The molecule has 10 heteroatoms. The zero-order valence-electron chi connectivity index (χ0n) is 17.4. The van der Waals surface area contributed by atoms with Crippen molar-refractivity contribution < 1.29 is 27.4 Å². The van der Waals surface area contributed by atoms with Crippen LogP contribution in [0, 0.1) is 0 Å². The number of nitrogens with zero attached hydrogens (tertiary/aromatic N) is 1. The Bertz CT molecular complexity index is 1150. The van der Waals surface area contributed by atoms with Crippen LogP contribution in [-0.2, 0) is 10.0 Å². The molecule has 0 atom stereocenters. The number of ether oxygens (including phenoxy) is 3.